The van der Waals surface area contributed by atoms with Crippen molar-refractivity contribution in [3.8, 4) is 5.75 Å². The SMILES string of the molecule is C1CCNNC1.CCOP(=S)(OCC)Oc1ccc2c(C)c(Cl)c(=O)oc2c1. The first-order valence-electron chi connectivity index (χ1n) is 9.17. The Bertz CT molecular complexity index is 867. The maximum absolute atomic E-state index is 11.7. The van der Waals surface area contributed by atoms with Crippen molar-refractivity contribution >= 4 is 41.1 Å². The highest BCUT2D eigenvalue weighted by molar-refractivity contribution is 8.07. The summed E-state index contributed by atoms with van der Waals surface area (Å²) in [5.41, 5.74) is 6.52. The Morgan fingerprint density at radius 3 is 2.29 bits per heavy atom. The van der Waals surface area contributed by atoms with Crippen molar-refractivity contribution in [2.45, 2.75) is 33.6 Å². The first-order valence-corrected chi connectivity index (χ1v) is 12.1. The number of rotatable bonds is 6. The molecule has 3 rings (SSSR count). The Morgan fingerprint density at radius 2 is 1.79 bits per heavy atom. The van der Waals surface area contributed by atoms with Crippen LogP contribution in [0.1, 0.15) is 32.3 Å². The van der Waals surface area contributed by atoms with Gasteiger partial charge in [-0.25, -0.2) is 4.79 Å². The van der Waals surface area contributed by atoms with Gasteiger partial charge in [0, 0.05) is 36.3 Å². The minimum absolute atomic E-state index is 0.0786. The Labute approximate surface area is 174 Å². The van der Waals surface area contributed by atoms with Gasteiger partial charge in [-0.3, -0.25) is 19.9 Å². The predicted molar refractivity (Wildman–Crippen MR) is 116 cm³/mol. The molecule has 0 aliphatic carbocycles. The predicted octanol–water partition coefficient (Wildman–Crippen LogP) is 4.31. The maximum atomic E-state index is 11.7. The van der Waals surface area contributed by atoms with Crippen LogP contribution in [-0.2, 0) is 20.9 Å². The molecule has 7 nitrogen and oxygen atoms in total. The van der Waals surface area contributed by atoms with Crippen LogP contribution in [0.5, 0.6) is 5.75 Å². The summed E-state index contributed by atoms with van der Waals surface area (Å²) in [7, 11) is 0. The van der Waals surface area contributed by atoms with Gasteiger partial charge in [-0.2, -0.15) is 0 Å². The van der Waals surface area contributed by atoms with Crippen LogP contribution in [0.25, 0.3) is 11.0 Å². The van der Waals surface area contributed by atoms with Crippen molar-refractivity contribution in [2.24, 2.45) is 0 Å². The molecule has 1 aliphatic heterocycles. The average molecular weight is 449 g/mol. The standard InChI is InChI=1S/C14H16ClO5PS.C4H10N2/c1-4-17-21(22,18-5-2)20-10-6-7-11-9(3)13(15)14(16)19-12(11)8-10;1-2-4-6-5-3-1/h6-8H,4-5H2,1-3H3;5-6H,1-4H2. The van der Waals surface area contributed by atoms with Gasteiger partial charge in [-0.05, 0) is 51.3 Å². The number of halogens is 1. The molecule has 0 unspecified atom stereocenters. The fourth-order valence-corrected chi connectivity index (χ4v) is 4.72. The molecular weight excluding hydrogens is 423 g/mol. The monoisotopic (exact) mass is 448 g/mol. The highest BCUT2D eigenvalue weighted by Crippen LogP contribution is 2.50. The topological polar surface area (TPSA) is 82.0 Å². The van der Waals surface area contributed by atoms with Crippen LogP contribution in [0, 0.1) is 6.92 Å². The third kappa shape index (κ3) is 6.52. The van der Waals surface area contributed by atoms with E-state index >= 15 is 0 Å². The minimum atomic E-state index is -2.87. The van der Waals surface area contributed by atoms with Crippen LogP contribution in [0.3, 0.4) is 0 Å². The van der Waals surface area contributed by atoms with E-state index in [9.17, 15) is 4.79 Å². The molecule has 0 spiro atoms. The van der Waals surface area contributed by atoms with E-state index < -0.39 is 12.3 Å². The van der Waals surface area contributed by atoms with Gasteiger partial charge in [0.1, 0.15) is 16.4 Å². The van der Waals surface area contributed by atoms with E-state index in [4.69, 9.17) is 41.4 Å². The quantitative estimate of drug-likeness (QED) is 0.500. The van der Waals surface area contributed by atoms with Crippen molar-refractivity contribution in [3.63, 3.8) is 0 Å². The van der Waals surface area contributed by atoms with E-state index in [0.717, 1.165) is 18.5 Å². The molecule has 1 aromatic heterocycles. The molecule has 0 saturated carbocycles. The van der Waals surface area contributed by atoms with E-state index in [1.165, 1.54) is 12.8 Å². The van der Waals surface area contributed by atoms with E-state index in [1.807, 2.05) is 13.8 Å². The molecule has 10 heteroatoms. The maximum Gasteiger partial charge on any atom is 0.380 e. The zero-order chi connectivity index (χ0) is 20.6. The number of aryl methyl sites for hydroxylation is 1. The first-order chi connectivity index (χ1) is 13.4. The van der Waals surface area contributed by atoms with Gasteiger partial charge in [-0.1, -0.05) is 11.6 Å². The van der Waals surface area contributed by atoms with E-state index in [1.54, 1.807) is 25.1 Å². The summed E-state index contributed by atoms with van der Waals surface area (Å²) in [6.07, 6.45) is 2.65. The van der Waals surface area contributed by atoms with Crippen molar-refractivity contribution in [3.05, 3.63) is 39.2 Å². The largest absolute Gasteiger partial charge is 0.424 e. The lowest BCUT2D eigenvalue weighted by atomic mass is 10.1. The van der Waals surface area contributed by atoms with Gasteiger partial charge in [0.2, 0.25) is 0 Å². The van der Waals surface area contributed by atoms with Gasteiger partial charge in [0.25, 0.3) is 0 Å². The molecule has 1 aliphatic rings. The molecule has 0 amide bonds. The number of benzene rings is 1. The zero-order valence-corrected chi connectivity index (χ0v) is 18.7. The van der Waals surface area contributed by atoms with E-state index in [-0.39, 0.29) is 5.02 Å². The Balaban J connectivity index is 0.000000397. The van der Waals surface area contributed by atoms with Crippen LogP contribution < -0.4 is 21.0 Å². The second-order valence-electron chi connectivity index (χ2n) is 5.92. The summed E-state index contributed by atoms with van der Waals surface area (Å²) < 4.78 is 21.7. The van der Waals surface area contributed by atoms with Crippen LogP contribution >= 0.6 is 18.3 Å². The molecule has 0 bridgehead atoms. The van der Waals surface area contributed by atoms with Crippen molar-refractivity contribution in [2.75, 3.05) is 26.3 Å². The van der Waals surface area contributed by atoms with Crippen LogP contribution in [0.2, 0.25) is 5.02 Å². The molecule has 1 aromatic carbocycles. The highest BCUT2D eigenvalue weighted by Gasteiger charge is 2.21. The summed E-state index contributed by atoms with van der Waals surface area (Å²) in [6.45, 7) is 5.56. The van der Waals surface area contributed by atoms with Gasteiger partial charge >= 0.3 is 12.3 Å². The third-order valence-corrected chi connectivity index (χ3v) is 6.72. The molecule has 2 heterocycles. The molecular formula is C18H26ClN2O5PS. The second-order valence-corrected chi connectivity index (χ2v) is 9.23. The molecule has 28 heavy (non-hydrogen) atoms. The fourth-order valence-electron chi connectivity index (χ4n) is 2.51. The van der Waals surface area contributed by atoms with Gasteiger partial charge in [0.05, 0.1) is 13.2 Å². The van der Waals surface area contributed by atoms with Gasteiger partial charge in [0.15, 0.2) is 0 Å². The first kappa shape index (κ1) is 23.3. The highest BCUT2D eigenvalue weighted by atomic mass is 35.5. The molecule has 2 N–H and O–H groups in total. The number of hydrogen-bond donors (Lipinski definition) is 2. The average Bonchev–Trinajstić information content (AvgIpc) is 2.68. The van der Waals surface area contributed by atoms with Crippen molar-refractivity contribution < 1.29 is 18.0 Å². The molecule has 2 aromatic rings. The van der Waals surface area contributed by atoms with Crippen LogP contribution in [-0.4, -0.2) is 26.3 Å². The summed E-state index contributed by atoms with van der Waals surface area (Å²) >= 11 is 11.2. The minimum Gasteiger partial charge on any atom is -0.424 e. The Kier molecular flexibility index (Phi) is 9.37. The second kappa shape index (κ2) is 11.3. The lowest BCUT2D eigenvalue weighted by molar-refractivity contribution is 0.218. The van der Waals surface area contributed by atoms with Gasteiger partial charge < -0.3 is 8.94 Å². The molecule has 0 atom stereocenters. The number of hydrazine groups is 1. The summed E-state index contributed by atoms with van der Waals surface area (Å²) in [5, 5.41) is 0.813. The molecule has 1 saturated heterocycles. The Hall–Kier alpha value is -0.990. The number of nitrogens with one attached hydrogen (secondary N) is 2. The summed E-state index contributed by atoms with van der Waals surface area (Å²) in [6, 6.07) is 5.05. The normalized spacial score (nSPS) is 14.4. The zero-order valence-electron chi connectivity index (χ0n) is 16.2. The molecule has 1 fully saturated rings. The number of fused-ring (bicyclic) bond motifs is 1. The van der Waals surface area contributed by atoms with Crippen molar-refractivity contribution in [1.82, 2.24) is 10.9 Å². The smallest absolute Gasteiger partial charge is 0.380 e. The lowest BCUT2D eigenvalue weighted by Gasteiger charge is -2.21. The summed E-state index contributed by atoms with van der Waals surface area (Å²) in [4.78, 5) is 11.7. The third-order valence-electron chi connectivity index (χ3n) is 3.84. The summed E-state index contributed by atoms with van der Waals surface area (Å²) in [5.74, 6) is 0.419. The lowest BCUT2D eigenvalue weighted by Crippen LogP contribution is -2.37. The fraction of sp³-hybridized carbons (Fsp3) is 0.500. The van der Waals surface area contributed by atoms with E-state index in [2.05, 4.69) is 10.9 Å². The van der Waals surface area contributed by atoms with Gasteiger partial charge in [-0.15, -0.1) is 0 Å². The Morgan fingerprint density at radius 1 is 1.18 bits per heavy atom. The number of hydrogen-bond acceptors (Lipinski definition) is 8. The van der Waals surface area contributed by atoms with E-state index in [0.29, 0.717) is 30.1 Å². The van der Waals surface area contributed by atoms with Crippen LogP contribution in [0.15, 0.2) is 27.4 Å². The van der Waals surface area contributed by atoms with Crippen molar-refractivity contribution in [1.29, 1.82) is 0 Å². The molecule has 156 valence electrons. The van der Waals surface area contributed by atoms with Crippen LogP contribution in [0.4, 0.5) is 0 Å². The molecule has 0 radical (unpaired) electrons.